The number of hydrogen-bond acceptors (Lipinski definition) is 4. The van der Waals surface area contributed by atoms with Crippen molar-refractivity contribution < 1.29 is 19.2 Å². The SMILES string of the molecule is CN1C(=O)c2ccc(C(=O)N3CCCN(C(=O)Nc4cccc(Cl)c4)CC3)cc2C1=O. The largest absolute Gasteiger partial charge is 0.337 e. The van der Waals surface area contributed by atoms with Crippen molar-refractivity contribution in [1.29, 1.82) is 0 Å². The first-order valence-electron chi connectivity index (χ1n) is 9.92. The van der Waals surface area contributed by atoms with E-state index in [4.69, 9.17) is 11.6 Å². The molecule has 1 N–H and O–H groups in total. The van der Waals surface area contributed by atoms with Crippen molar-refractivity contribution in [2.45, 2.75) is 6.42 Å². The van der Waals surface area contributed by atoms with E-state index in [2.05, 4.69) is 5.32 Å². The van der Waals surface area contributed by atoms with Gasteiger partial charge < -0.3 is 15.1 Å². The molecule has 9 heteroatoms. The fourth-order valence-electron chi connectivity index (χ4n) is 3.77. The summed E-state index contributed by atoms with van der Waals surface area (Å²) in [5.74, 6) is -1.00. The van der Waals surface area contributed by atoms with Gasteiger partial charge in [0.05, 0.1) is 11.1 Å². The number of benzene rings is 2. The standard InChI is InChI=1S/C22H21ClN4O4/c1-25-20(29)17-7-6-14(12-18(17)21(25)30)19(28)26-8-3-9-27(11-10-26)22(31)24-16-5-2-4-15(23)13-16/h2,4-7,12-13H,3,8-11H2,1H3,(H,24,31). The van der Waals surface area contributed by atoms with Crippen LogP contribution in [0, 0.1) is 0 Å². The summed E-state index contributed by atoms with van der Waals surface area (Å²) < 4.78 is 0. The van der Waals surface area contributed by atoms with Gasteiger partial charge in [-0.1, -0.05) is 17.7 Å². The molecule has 0 aliphatic carbocycles. The van der Waals surface area contributed by atoms with E-state index < -0.39 is 5.91 Å². The maximum Gasteiger partial charge on any atom is 0.321 e. The van der Waals surface area contributed by atoms with E-state index in [1.807, 2.05) is 0 Å². The third kappa shape index (κ3) is 4.11. The zero-order valence-corrected chi connectivity index (χ0v) is 17.7. The van der Waals surface area contributed by atoms with Crippen LogP contribution in [0.3, 0.4) is 0 Å². The second-order valence-corrected chi connectivity index (χ2v) is 7.94. The Morgan fingerprint density at radius 2 is 1.61 bits per heavy atom. The van der Waals surface area contributed by atoms with E-state index in [1.54, 1.807) is 40.1 Å². The van der Waals surface area contributed by atoms with Crippen molar-refractivity contribution in [3.8, 4) is 0 Å². The van der Waals surface area contributed by atoms with E-state index >= 15 is 0 Å². The summed E-state index contributed by atoms with van der Waals surface area (Å²) in [6.45, 7) is 1.75. The molecule has 2 aromatic rings. The lowest BCUT2D eigenvalue weighted by atomic mass is 10.0. The molecular weight excluding hydrogens is 420 g/mol. The van der Waals surface area contributed by atoms with Crippen molar-refractivity contribution in [1.82, 2.24) is 14.7 Å². The highest BCUT2D eigenvalue weighted by atomic mass is 35.5. The van der Waals surface area contributed by atoms with Crippen LogP contribution in [0.25, 0.3) is 0 Å². The van der Waals surface area contributed by atoms with Gasteiger partial charge in [0.25, 0.3) is 17.7 Å². The summed E-state index contributed by atoms with van der Waals surface area (Å²) >= 11 is 5.96. The average Bonchev–Trinajstić information content (AvgIpc) is 2.94. The van der Waals surface area contributed by atoms with Crippen molar-refractivity contribution in [3.05, 3.63) is 64.2 Å². The first kappa shape index (κ1) is 20.9. The Bertz CT molecular complexity index is 1090. The van der Waals surface area contributed by atoms with Gasteiger partial charge in [-0.25, -0.2) is 4.79 Å². The van der Waals surface area contributed by atoms with Crippen LogP contribution < -0.4 is 5.32 Å². The minimum Gasteiger partial charge on any atom is -0.337 e. The normalized spacial score (nSPS) is 16.3. The van der Waals surface area contributed by atoms with Crippen LogP contribution >= 0.6 is 11.6 Å². The van der Waals surface area contributed by atoms with Crippen LogP contribution in [-0.4, -0.2) is 71.7 Å². The smallest absolute Gasteiger partial charge is 0.321 e. The van der Waals surface area contributed by atoms with Gasteiger partial charge in [-0.2, -0.15) is 0 Å². The molecule has 0 aromatic heterocycles. The molecule has 0 spiro atoms. The summed E-state index contributed by atoms with van der Waals surface area (Å²) in [6.07, 6.45) is 0.625. The molecule has 4 rings (SSSR count). The number of nitrogens with zero attached hydrogens (tertiary/aromatic N) is 3. The fraction of sp³-hybridized carbons (Fsp3) is 0.273. The minimum absolute atomic E-state index is 0.227. The van der Waals surface area contributed by atoms with Crippen LogP contribution in [-0.2, 0) is 0 Å². The van der Waals surface area contributed by atoms with E-state index in [0.29, 0.717) is 54.4 Å². The van der Waals surface area contributed by atoms with Crippen LogP contribution in [0.5, 0.6) is 0 Å². The molecule has 1 fully saturated rings. The first-order chi connectivity index (χ1) is 14.8. The quantitative estimate of drug-likeness (QED) is 0.727. The van der Waals surface area contributed by atoms with Crippen LogP contribution in [0.1, 0.15) is 37.5 Å². The number of amides is 5. The number of rotatable bonds is 2. The van der Waals surface area contributed by atoms with Gasteiger partial charge in [-0.05, 0) is 42.8 Å². The lowest BCUT2D eigenvalue weighted by molar-refractivity contribution is 0.0692. The molecule has 2 aliphatic rings. The van der Waals surface area contributed by atoms with Gasteiger partial charge in [0.1, 0.15) is 0 Å². The Balaban J connectivity index is 1.42. The van der Waals surface area contributed by atoms with Crippen LogP contribution in [0.2, 0.25) is 5.02 Å². The maximum atomic E-state index is 13.0. The van der Waals surface area contributed by atoms with Crippen LogP contribution in [0.4, 0.5) is 10.5 Å². The number of fused-ring (bicyclic) bond motifs is 1. The molecule has 2 aromatic carbocycles. The molecule has 2 heterocycles. The van der Waals surface area contributed by atoms with Gasteiger partial charge in [0.15, 0.2) is 0 Å². The maximum absolute atomic E-state index is 13.0. The van der Waals surface area contributed by atoms with Crippen molar-refractivity contribution in [3.63, 3.8) is 0 Å². The Morgan fingerprint density at radius 1 is 0.903 bits per heavy atom. The lowest BCUT2D eigenvalue weighted by Gasteiger charge is -2.22. The second-order valence-electron chi connectivity index (χ2n) is 7.50. The first-order valence-corrected chi connectivity index (χ1v) is 10.3. The number of carbonyl (C=O) groups excluding carboxylic acids is 4. The van der Waals surface area contributed by atoms with Crippen molar-refractivity contribution in [2.75, 3.05) is 38.5 Å². The van der Waals surface area contributed by atoms with Gasteiger partial charge in [0.2, 0.25) is 0 Å². The average molecular weight is 441 g/mol. The summed E-state index contributed by atoms with van der Waals surface area (Å²) in [6, 6.07) is 11.2. The number of urea groups is 1. The highest BCUT2D eigenvalue weighted by Crippen LogP contribution is 2.24. The predicted octanol–water partition coefficient (Wildman–Crippen LogP) is 2.95. The van der Waals surface area contributed by atoms with E-state index in [-0.39, 0.29) is 23.4 Å². The molecule has 0 saturated carbocycles. The predicted molar refractivity (Wildman–Crippen MR) is 115 cm³/mol. The highest BCUT2D eigenvalue weighted by molar-refractivity contribution is 6.30. The van der Waals surface area contributed by atoms with E-state index in [0.717, 1.165) is 4.90 Å². The molecule has 8 nitrogen and oxygen atoms in total. The Hall–Kier alpha value is -3.39. The summed E-state index contributed by atoms with van der Waals surface area (Å²) in [5.41, 5.74) is 1.52. The minimum atomic E-state index is -0.408. The van der Waals surface area contributed by atoms with Crippen molar-refractivity contribution >= 4 is 41.0 Å². The lowest BCUT2D eigenvalue weighted by Crippen LogP contribution is -2.39. The number of carbonyl (C=O) groups is 4. The van der Waals surface area contributed by atoms with Gasteiger partial charge in [-0.15, -0.1) is 0 Å². The van der Waals surface area contributed by atoms with Gasteiger partial charge >= 0.3 is 6.03 Å². The third-order valence-corrected chi connectivity index (χ3v) is 5.72. The van der Waals surface area contributed by atoms with E-state index in [1.165, 1.54) is 19.2 Å². The van der Waals surface area contributed by atoms with Crippen molar-refractivity contribution in [2.24, 2.45) is 0 Å². The van der Waals surface area contributed by atoms with Gasteiger partial charge in [-0.3, -0.25) is 19.3 Å². The number of halogens is 1. The number of hydrogen-bond donors (Lipinski definition) is 1. The van der Waals surface area contributed by atoms with Gasteiger partial charge in [0, 0.05) is 49.5 Å². The van der Waals surface area contributed by atoms with E-state index in [9.17, 15) is 19.2 Å². The molecule has 31 heavy (non-hydrogen) atoms. The molecule has 0 bridgehead atoms. The molecule has 0 radical (unpaired) electrons. The second kappa shape index (κ2) is 8.39. The molecule has 160 valence electrons. The number of imide groups is 1. The molecule has 5 amide bonds. The molecule has 1 saturated heterocycles. The molecule has 0 atom stereocenters. The molecule has 2 aliphatic heterocycles. The third-order valence-electron chi connectivity index (χ3n) is 5.48. The Labute approximate surface area is 184 Å². The Kier molecular flexibility index (Phi) is 5.65. The number of nitrogens with one attached hydrogen (secondary N) is 1. The number of anilines is 1. The fourth-order valence-corrected chi connectivity index (χ4v) is 3.96. The topological polar surface area (TPSA) is 90.0 Å². The zero-order chi connectivity index (χ0) is 22.1. The highest BCUT2D eigenvalue weighted by Gasteiger charge is 2.33. The van der Waals surface area contributed by atoms with Crippen LogP contribution in [0.15, 0.2) is 42.5 Å². The summed E-state index contributed by atoms with van der Waals surface area (Å²) in [7, 11) is 1.42. The Morgan fingerprint density at radius 3 is 2.39 bits per heavy atom. The zero-order valence-electron chi connectivity index (χ0n) is 16.9. The summed E-state index contributed by atoms with van der Waals surface area (Å²) in [5, 5.41) is 3.36. The molecular formula is C22H21ClN4O4. The summed E-state index contributed by atoms with van der Waals surface area (Å²) in [4.78, 5) is 54.2. The molecule has 0 unspecified atom stereocenters. The monoisotopic (exact) mass is 440 g/mol.